The molecule has 2 aromatic rings. The van der Waals surface area contributed by atoms with Gasteiger partial charge in [-0.3, -0.25) is 14.4 Å². The number of fused-ring (bicyclic) bond motifs is 5. The number of carbonyl (C=O) groups is 3. The predicted octanol–water partition coefficient (Wildman–Crippen LogP) is 4.81. The van der Waals surface area contributed by atoms with Gasteiger partial charge in [0.15, 0.2) is 17.0 Å². The molecule has 0 spiro atoms. The second-order valence-corrected chi connectivity index (χ2v) is 15.8. The van der Waals surface area contributed by atoms with E-state index in [1.807, 2.05) is 0 Å². The number of carbonyl (C=O) groups excluding carboxylic acids is 3. The van der Waals surface area contributed by atoms with Crippen LogP contribution in [0.15, 0.2) is 59.7 Å². The zero-order valence-corrected chi connectivity index (χ0v) is 29.4. The van der Waals surface area contributed by atoms with Crippen LogP contribution in [0, 0.1) is 52.4 Å². The third kappa shape index (κ3) is 5.93. The van der Waals surface area contributed by atoms with Crippen molar-refractivity contribution in [3.63, 3.8) is 0 Å². The molecule has 6 rings (SSSR count). The number of rotatable bonds is 10. The standard InChI is InChI=1S/C38H40F4O8S/c1-19-11-29-36(47,33(19)46)17-21(18-51-10-9-43)12-26-32-35(3,4)38(32,50-31(45)14-23-6-8-25(40)16-28(23)42)34(20(2)37(26,29)48)49-30(44)13-22-5-7-24(39)15-27(22)41/h5-8,11-12,15-16,19-20,26,32,34,43,47-48H,9-10,13-14,17-18H2,1-4H3/t19?,20-,26+,32-,34-,36-,37-,38-/m1/s1. The minimum atomic E-state index is -2.11. The van der Waals surface area contributed by atoms with Crippen LogP contribution in [0.2, 0.25) is 0 Å². The van der Waals surface area contributed by atoms with Crippen molar-refractivity contribution >= 4 is 29.5 Å². The summed E-state index contributed by atoms with van der Waals surface area (Å²) in [4.78, 5) is 40.9. The van der Waals surface area contributed by atoms with Crippen LogP contribution in [0.4, 0.5) is 17.6 Å². The number of thioether (sulfide) groups is 1. The fraction of sp³-hybridized carbons (Fsp3) is 0.500. The van der Waals surface area contributed by atoms with E-state index in [4.69, 9.17) is 9.47 Å². The Labute approximate surface area is 296 Å². The monoisotopic (exact) mass is 732 g/mol. The van der Waals surface area contributed by atoms with Crippen molar-refractivity contribution in [3.05, 3.63) is 94.1 Å². The molecule has 4 aliphatic carbocycles. The highest BCUT2D eigenvalue weighted by Crippen LogP contribution is 2.77. The number of Topliss-reactive ketones (excluding diaryl/α,β-unsaturated/α-hetero) is 1. The Hall–Kier alpha value is -3.52. The van der Waals surface area contributed by atoms with E-state index in [1.54, 1.807) is 33.8 Å². The van der Waals surface area contributed by atoms with Crippen LogP contribution in [0.3, 0.4) is 0 Å². The number of ketones is 1. The van der Waals surface area contributed by atoms with Gasteiger partial charge in [0.1, 0.15) is 35.0 Å². The zero-order valence-electron chi connectivity index (χ0n) is 28.6. The Balaban J connectivity index is 1.46. The highest BCUT2D eigenvalue weighted by atomic mass is 32.2. The lowest BCUT2D eigenvalue weighted by atomic mass is 9.61. The third-order valence-corrected chi connectivity index (χ3v) is 12.4. The fourth-order valence-corrected chi connectivity index (χ4v) is 9.72. The number of allylic oxidation sites excluding steroid dienone is 1. The molecule has 4 aliphatic rings. The summed E-state index contributed by atoms with van der Waals surface area (Å²) in [7, 11) is 0. The summed E-state index contributed by atoms with van der Waals surface area (Å²) in [6.07, 6.45) is 0.500. The highest BCUT2D eigenvalue weighted by Gasteiger charge is 2.87. The molecule has 0 saturated heterocycles. The molecule has 2 aromatic carbocycles. The first-order valence-corrected chi connectivity index (χ1v) is 18.0. The van der Waals surface area contributed by atoms with Crippen molar-refractivity contribution in [1.82, 2.24) is 0 Å². The lowest BCUT2D eigenvalue weighted by Crippen LogP contribution is -2.63. The van der Waals surface area contributed by atoms with Gasteiger partial charge in [0.2, 0.25) is 0 Å². The first-order chi connectivity index (χ1) is 23.9. The molecule has 8 atom stereocenters. The number of benzene rings is 2. The quantitative estimate of drug-likeness (QED) is 0.137. The molecule has 0 aliphatic heterocycles. The molecule has 13 heteroatoms. The first-order valence-electron chi connectivity index (χ1n) is 16.8. The minimum Gasteiger partial charge on any atom is -0.457 e. The number of halogens is 4. The van der Waals surface area contributed by atoms with Crippen molar-refractivity contribution in [2.75, 3.05) is 18.1 Å². The van der Waals surface area contributed by atoms with Crippen molar-refractivity contribution in [1.29, 1.82) is 0 Å². The predicted molar refractivity (Wildman–Crippen MR) is 178 cm³/mol. The summed E-state index contributed by atoms with van der Waals surface area (Å²) in [5, 5.41) is 34.6. The molecule has 0 bridgehead atoms. The molecule has 0 amide bonds. The largest absolute Gasteiger partial charge is 0.457 e. The van der Waals surface area contributed by atoms with Crippen LogP contribution in [0.1, 0.15) is 45.2 Å². The van der Waals surface area contributed by atoms with Gasteiger partial charge in [-0.2, -0.15) is 11.8 Å². The maximum absolute atomic E-state index is 14.6. The van der Waals surface area contributed by atoms with Crippen LogP contribution in [-0.4, -0.2) is 74.1 Å². The molecule has 8 nitrogen and oxygen atoms in total. The maximum Gasteiger partial charge on any atom is 0.311 e. The minimum absolute atomic E-state index is 0.0463. The molecule has 3 N–H and O–H groups in total. The van der Waals surface area contributed by atoms with Crippen molar-refractivity contribution in [2.45, 2.75) is 69.9 Å². The molecule has 274 valence electrons. The van der Waals surface area contributed by atoms with Crippen LogP contribution in [0.5, 0.6) is 0 Å². The second-order valence-electron chi connectivity index (χ2n) is 14.7. The normalized spacial score (nSPS) is 33.2. The van der Waals surface area contributed by atoms with Crippen LogP contribution in [0.25, 0.3) is 0 Å². The average Bonchev–Trinajstić information content (AvgIpc) is 3.47. The summed E-state index contributed by atoms with van der Waals surface area (Å²) in [5.41, 5.74) is -6.46. The summed E-state index contributed by atoms with van der Waals surface area (Å²) in [6, 6.07) is 5.46. The van der Waals surface area contributed by atoms with E-state index < -0.39 is 106 Å². The summed E-state index contributed by atoms with van der Waals surface area (Å²) in [6.45, 7) is 6.56. The molecule has 0 radical (unpaired) electrons. The summed E-state index contributed by atoms with van der Waals surface area (Å²) >= 11 is 1.37. The Morgan fingerprint density at radius 3 is 2.08 bits per heavy atom. The van der Waals surface area contributed by atoms with Gasteiger partial charge in [0.05, 0.1) is 19.4 Å². The van der Waals surface area contributed by atoms with Crippen molar-refractivity contribution in [3.8, 4) is 0 Å². The van der Waals surface area contributed by atoms with Gasteiger partial charge in [-0.25, -0.2) is 17.6 Å². The summed E-state index contributed by atoms with van der Waals surface area (Å²) < 4.78 is 68.8. The van der Waals surface area contributed by atoms with Gasteiger partial charge in [0, 0.05) is 59.1 Å². The number of hydrogen-bond acceptors (Lipinski definition) is 9. The van der Waals surface area contributed by atoms with E-state index in [0.717, 1.165) is 24.3 Å². The average molecular weight is 733 g/mol. The lowest BCUT2D eigenvalue weighted by molar-refractivity contribution is -0.207. The van der Waals surface area contributed by atoms with Gasteiger partial charge >= 0.3 is 11.9 Å². The number of ether oxygens (including phenoxy) is 2. The first kappa shape index (κ1) is 37.2. The Kier molecular flexibility index (Phi) is 9.61. The Morgan fingerprint density at radius 2 is 1.51 bits per heavy atom. The van der Waals surface area contributed by atoms with Gasteiger partial charge in [-0.05, 0) is 28.8 Å². The van der Waals surface area contributed by atoms with E-state index in [0.29, 0.717) is 29.2 Å². The van der Waals surface area contributed by atoms with E-state index in [2.05, 4.69) is 0 Å². The lowest BCUT2D eigenvalue weighted by Gasteiger charge is -2.51. The smallest absolute Gasteiger partial charge is 0.311 e. The highest BCUT2D eigenvalue weighted by molar-refractivity contribution is 7.99. The van der Waals surface area contributed by atoms with Gasteiger partial charge in [-0.15, -0.1) is 0 Å². The molecular formula is C38H40F4O8S. The second kappa shape index (κ2) is 13.2. The molecule has 2 saturated carbocycles. The van der Waals surface area contributed by atoms with E-state index >= 15 is 0 Å². The van der Waals surface area contributed by atoms with Crippen LogP contribution in [-0.2, 0) is 36.7 Å². The molecule has 0 heterocycles. The fourth-order valence-electron chi connectivity index (χ4n) is 8.98. The maximum atomic E-state index is 14.6. The molecular weight excluding hydrogens is 692 g/mol. The van der Waals surface area contributed by atoms with Gasteiger partial charge < -0.3 is 24.8 Å². The topological polar surface area (TPSA) is 130 Å². The molecule has 0 aromatic heterocycles. The van der Waals surface area contributed by atoms with E-state index in [-0.39, 0.29) is 29.7 Å². The molecule has 1 unspecified atom stereocenters. The Bertz CT molecular complexity index is 1850. The number of hydrogen-bond donors (Lipinski definition) is 3. The van der Waals surface area contributed by atoms with Gasteiger partial charge in [0.25, 0.3) is 0 Å². The zero-order chi connectivity index (χ0) is 37.3. The Morgan fingerprint density at radius 1 is 0.922 bits per heavy atom. The number of aliphatic hydroxyl groups excluding tert-OH is 1. The van der Waals surface area contributed by atoms with Crippen molar-refractivity contribution in [2.24, 2.45) is 29.1 Å². The van der Waals surface area contributed by atoms with Crippen LogP contribution >= 0.6 is 11.8 Å². The molecule has 2 fully saturated rings. The number of aliphatic hydroxyl groups is 3. The van der Waals surface area contributed by atoms with Crippen LogP contribution < -0.4 is 0 Å². The van der Waals surface area contributed by atoms with Gasteiger partial charge in [-0.1, -0.05) is 57.6 Å². The van der Waals surface area contributed by atoms with E-state index in [9.17, 15) is 47.3 Å². The third-order valence-electron chi connectivity index (χ3n) is 11.4. The number of esters is 2. The van der Waals surface area contributed by atoms with E-state index in [1.165, 1.54) is 17.8 Å². The molecule has 51 heavy (non-hydrogen) atoms. The summed E-state index contributed by atoms with van der Waals surface area (Å²) in [5.74, 6) is -8.98. The SMILES string of the molecule is CC1C=C2[C@](O)(CC(CSCCO)=C[C@H]3[C@@H]4C(C)(C)[C@]4(OC(=O)Cc4ccc(F)cc4F)[C@H](OC(=O)Cc4ccc(F)cc4F)[C@@H](C)[C@]23O)C1=O. The van der Waals surface area contributed by atoms with Crippen molar-refractivity contribution < 1.29 is 56.7 Å².